The van der Waals surface area contributed by atoms with E-state index < -0.39 is 0 Å². The van der Waals surface area contributed by atoms with Crippen LogP contribution < -0.4 is 0 Å². The van der Waals surface area contributed by atoms with E-state index in [-0.39, 0.29) is 11.7 Å². The first kappa shape index (κ1) is 12.7. The molecule has 0 atom stereocenters. The molecule has 20 heavy (non-hydrogen) atoms. The largest absolute Gasteiger partial charge is 0.492 e. The first-order valence-corrected chi connectivity index (χ1v) is 6.88. The Hall–Kier alpha value is -2.27. The maximum atomic E-state index is 12.9. The van der Waals surface area contributed by atoms with Gasteiger partial charge in [-0.2, -0.15) is 4.98 Å². The predicted molar refractivity (Wildman–Crippen MR) is 76.2 cm³/mol. The van der Waals surface area contributed by atoms with Crippen LogP contribution in [-0.2, 0) is 6.42 Å². The second-order valence-corrected chi connectivity index (χ2v) is 5.37. The van der Waals surface area contributed by atoms with Crippen LogP contribution >= 0.6 is 11.3 Å². The average Bonchev–Trinajstić information content (AvgIpc) is 2.84. The van der Waals surface area contributed by atoms with E-state index >= 15 is 0 Å². The standard InChI is InChI=1S/C15H11FN2OS/c16-11-6-4-10(5-7-11)9-13-14(19)18-15(20-13)12-3-1-2-8-17-12/h1-8,19H,9H2. The van der Waals surface area contributed by atoms with Crippen molar-refractivity contribution in [1.82, 2.24) is 9.97 Å². The lowest BCUT2D eigenvalue weighted by molar-refractivity contribution is 0.452. The molecule has 0 radical (unpaired) electrons. The van der Waals surface area contributed by atoms with Gasteiger partial charge in [0.05, 0.1) is 10.6 Å². The molecule has 3 aromatic rings. The quantitative estimate of drug-likeness (QED) is 0.799. The highest BCUT2D eigenvalue weighted by molar-refractivity contribution is 7.15. The van der Waals surface area contributed by atoms with E-state index in [2.05, 4.69) is 9.97 Å². The number of halogens is 1. The zero-order chi connectivity index (χ0) is 13.9. The normalized spacial score (nSPS) is 10.7. The highest BCUT2D eigenvalue weighted by Crippen LogP contribution is 2.32. The first-order chi connectivity index (χ1) is 9.72. The van der Waals surface area contributed by atoms with Crippen molar-refractivity contribution in [2.75, 3.05) is 0 Å². The zero-order valence-corrected chi connectivity index (χ0v) is 11.3. The Labute approximate surface area is 119 Å². The van der Waals surface area contributed by atoms with E-state index in [1.807, 2.05) is 18.2 Å². The second-order valence-electron chi connectivity index (χ2n) is 4.28. The van der Waals surface area contributed by atoms with Gasteiger partial charge < -0.3 is 5.11 Å². The number of aromatic nitrogens is 2. The average molecular weight is 286 g/mol. The van der Waals surface area contributed by atoms with E-state index in [1.165, 1.54) is 23.5 Å². The molecular weight excluding hydrogens is 275 g/mol. The third kappa shape index (κ3) is 2.67. The van der Waals surface area contributed by atoms with Gasteiger partial charge in [0, 0.05) is 12.6 Å². The minimum Gasteiger partial charge on any atom is -0.492 e. The summed E-state index contributed by atoms with van der Waals surface area (Å²) in [6.07, 6.45) is 2.21. The zero-order valence-electron chi connectivity index (χ0n) is 10.5. The summed E-state index contributed by atoms with van der Waals surface area (Å²) in [6, 6.07) is 11.8. The van der Waals surface area contributed by atoms with Gasteiger partial charge in [-0.25, -0.2) is 4.39 Å². The monoisotopic (exact) mass is 286 g/mol. The SMILES string of the molecule is Oc1nc(-c2ccccn2)sc1Cc1ccc(F)cc1. The maximum Gasteiger partial charge on any atom is 0.226 e. The Balaban J connectivity index is 1.88. The Bertz CT molecular complexity index is 710. The third-order valence-electron chi connectivity index (χ3n) is 2.84. The van der Waals surface area contributed by atoms with Gasteiger partial charge in [-0.1, -0.05) is 18.2 Å². The summed E-state index contributed by atoms with van der Waals surface area (Å²) in [5.74, 6) is -0.253. The van der Waals surface area contributed by atoms with Gasteiger partial charge in [0.25, 0.3) is 0 Å². The van der Waals surface area contributed by atoms with Crippen LogP contribution in [0.3, 0.4) is 0 Å². The van der Waals surface area contributed by atoms with Crippen molar-refractivity contribution in [3.8, 4) is 16.6 Å². The molecule has 2 aromatic heterocycles. The smallest absolute Gasteiger partial charge is 0.226 e. The minimum absolute atomic E-state index is 0.0139. The molecule has 0 bridgehead atoms. The fourth-order valence-electron chi connectivity index (χ4n) is 1.85. The highest BCUT2D eigenvalue weighted by Gasteiger charge is 2.12. The molecule has 2 heterocycles. The molecule has 100 valence electrons. The van der Waals surface area contributed by atoms with Crippen molar-refractivity contribution in [1.29, 1.82) is 0 Å². The number of hydrogen-bond donors (Lipinski definition) is 1. The molecule has 0 amide bonds. The molecule has 5 heteroatoms. The number of pyridine rings is 1. The van der Waals surface area contributed by atoms with Crippen LogP contribution in [0.5, 0.6) is 5.88 Å². The summed E-state index contributed by atoms with van der Waals surface area (Å²) in [6.45, 7) is 0. The fourth-order valence-corrected chi connectivity index (χ4v) is 2.81. The Morgan fingerprint density at radius 2 is 1.90 bits per heavy atom. The lowest BCUT2D eigenvalue weighted by Gasteiger charge is -1.98. The highest BCUT2D eigenvalue weighted by atomic mass is 32.1. The minimum atomic E-state index is -0.267. The topological polar surface area (TPSA) is 46.0 Å². The summed E-state index contributed by atoms with van der Waals surface area (Å²) in [5.41, 5.74) is 1.66. The number of benzene rings is 1. The molecule has 0 aliphatic heterocycles. The van der Waals surface area contributed by atoms with Crippen molar-refractivity contribution in [3.63, 3.8) is 0 Å². The van der Waals surface area contributed by atoms with Crippen LogP contribution in [0.4, 0.5) is 4.39 Å². The van der Waals surface area contributed by atoms with Crippen molar-refractivity contribution in [2.45, 2.75) is 6.42 Å². The molecule has 0 fully saturated rings. The number of hydrogen-bond acceptors (Lipinski definition) is 4. The maximum absolute atomic E-state index is 12.9. The van der Waals surface area contributed by atoms with Gasteiger partial charge in [-0.3, -0.25) is 4.98 Å². The lowest BCUT2D eigenvalue weighted by Crippen LogP contribution is -1.85. The molecule has 0 spiro atoms. The summed E-state index contributed by atoms with van der Waals surface area (Å²) in [7, 11) is 0. The third-order valence-corrected chi connectivity index (χ3v) is 3.91. The summed E-state index contributed by atoms with van der Waals surface area (Å²) in [5, 5.41) is 10.6. The van der Waals surface area contributed by atoms with E-state index in [4.69, 9.17) is 0 Å². The van der Waals surface area contributed by atoms with Crippen LogP contribution in [0.25, 0.3) is 10.7 Å². The first-order valence-electron chi connectivity index (χ1n) is 6.07. The van der Waals surface area contributed by atoms with Crippen LogP contribution in [0.2, 0.25) is 0 Å². The van der Waals surface area contributed by atoms with E-state index in [0.717, 1.165) is 16.1 Å². The van der Waals surface area contributed by atoms with Gasteiger partial charge in [0.2, 0.25) is 5.88 Å². The van der Waals surface area contributed by atoms with Gasteiger partial charge >= 0.3 is 0 Å². The number of aromatic hydroxyl groups is 1. The molecule has 0 saturated heterocycles. The van der Waals surface area contributed by atoms with Crippen molar-refractivity contribution >= 4 is 11.3 Å². The Morgan fingerprint density at radius 3 is 2.60 bits per heavy atom. The number of nitrogens with zero attached hydrogens (tertiary/aromatic N) is 2. The van der Waals surface area contributed by atoms with Gasteiger partial charge in [0.15, 0.2) is 0 Å². The van der Waals surface area contributed by atoms with Gasteiger partial charge in [-0.05, 0) is 29.8 Å². The molecule has 1 aromatic carbocycles. The molecule has 3 nitrogen and oxygen atoms in total. The Morgan fingerprint density at radius 1 is 1.10 bits per heavy atom. The summed E-state index contributed by atoms with van der Waals surface area (Å²) in [4.78, 5) is 9.09. The second kappa shape index (κ2) is 5.38. The van der Waals surface area contributed by atoms with Crippen LogP contribution in [0.1, 0.15) is 10.4 Å². The molecule has 0 aliphatic carbocycles. The molecule has 0 unspecified atom stereocenters. The van der Waals surface area contributed by atoms with Crippen molar-refractivity contribution in [2.24, 2.45) is 0 Å². The molecular formula is C15H11FN2OS. The fraction of sp³-hybridized carbons (Fsp3) is 0.0667. The van der Waals surface area contributed by atoms with Crippen molar-refractivity contribution < 1.29 is 9.50 Å². The van der Waals surface area contributed by atoms with Crippen LogP contribution in [-0.4, -0.2) is 15.1 Å². The van der Waals surface area contributed by atoms with E-state index in [0.29, 0.717) is 11.4 Å². The van der Waals surface area contributed by atoms with Gasteiger partial charge in [-0.15, -0.1) is 11.3 Å². The van der Waals surface area contributed by atoms with Crippen molar-refractivity contribution in [3.05, 3.63) is 64.9 Å². The van der Waals surface area contributed by atoms with Gasteiger partial charge in [0.1, 0.15) is 10.8 Å². The number of rotatable bonds is 3. The van der Waals surface area contributed by atoms with Crippen LogP contribution in [0, 0.1) is 5.82 Å². The molecule has 1 N–H and O–H groups in total. The van der Waals surface area contributed by atoms with E-state index in [9.17, 15) is 9.50 Å². The number of thiazole rings is 1. The molecule has 3 rings (SSSR count). The molecule has 0 aliphatic rings. The predicted octanol–water partition coefficient (Wildman–Crippen LogP) is 3.64. The molecule has 0 saturated carbocycles. The Kier molecular flexibility index (Phi) is 3.43. The van der Waals surface area contributed by atoms with E-state index in [1.54, 1.807) is 18.3 Å². The summed E-state index contributed by atoms with van der Waals surface area (Å²) >= 11 is 1.39. The summed E-state index contributed by atoms with van der Waals surface area (Å²) < 4.78 is 12.9. The lowest BCUT2D eigenvalue weighted by atomic mass is 10.1. The van der Waals surface area contributed by atoms with Crippen LogP contribution in [0.15, 0.2) is 48.7 Å².